The third-order valence-electron chi connectivity index (χ3n) is 4.70. The molecule has 2 aromatic rings. The Balaban J connectivity index is 1.75. The smallest absolute Gasteiger partial charge is 0.459 e. The molecule has 1 unspecified atom stereocenters. The van der Waals surface area contributed by atoms with Gasteiger partial charge in [-0.25, -0.2) is 13.8 Å². The molecule has 0 radical (unpaired) electrons. The van der Waals surface area contributed by atoms with Crippen LogP contribution in [-0.2, 0) is 23.4 Å². The van der Waals surface area contributed by atoms with Gasteiger partial charge in [0.05, 0.1) is 13.7 Å². The lowest BCUT2D eigenvalue weighted by Gasteiger charge is -2.24. The number of hydrogen-bond acceptors (Lipinski definition) is 10. The standard InChI is InChI=1S/C19H24FN4O8P/c1-11(18(26)29-2)23-33(28,32-12-6-4-3-5-7-12)30-10-13-16(25)15(20)17(31-13)24-9-8-14(21)22-19(24)27/h3-9,11,13,15-17,25H,10H2,1-2H3,(H,23,28)(H2,21,22,27)/t11-,13+,15-,16+,17+,33?/m0/s1. The van der Waals surface area contributed by atoms with Crippen molar-refractivity contribution in [1.29, 1.82) is 0 Å². The number of nitrogens with two attached hydrogens (primary N) is 1. The van der Waals surface area contributed by atoms with E-state index in [0.717, 1.165) is 11.7 Å². The molecule has 6 atom stereocenters. The summed E-state index contributed by atoms with van der Waals surface area (Å²) < 4.78 is 49.7. The highest BCUT2D eigenvalue weighted by atomic mass is 31.2. The molecule has 0 spiro atoms. The average Bonchev–Trinajstić information content (AvgIpc) is 3.06. The summed E-state index contributed by atoms with van der Waals surface area (Å²) in [4.78, 5) is 27.3. The topological polar surface area (TPSA) is 164 Å². The number of carbonyl (C=O) groups excluding carboxylic acids is 1. The van der Waals surface area contributed by atoms with Crippen LogP contribution in [-0.4, -0.2) is 58.8 Å². The van der Waals surface area contributed by atoms with Gasteiger partial charge in [-0.15, -0.1) is 0 Å². The van der Waals surface area contributed by atoms with Crippen molar-refractivity contribution in [2.75, 3.05) is 19.5 Å². The summed E-state index contributed by atoms with van der Waals surface area (Å²) in [6, 6.07) is 8.17. The van der Waals surface area contributed by atoms with Gasteiger partial charge in [0, 0.05) is 6.20 Å². The summed E-state index contributed by atoms with van der Waals surface area (Å²) >= 11 is 0. The summed E-state index contributed by atoms with van der Waals surface area (Å²) in [5, 5.41) is 12.7. The fraction of sp³-hybridized carbons (Fsp3) is 0.421. The molecule has 1 saturated heterocycles. The Hall–Kier alpha value is -2.83. The zero-order chi connectivity index (χ0) is 24.2. The Morgan fingerprint density at radius 2 is 2.09 bits per heavy atom. The lowest BCUT2D eigenvalue weighted by atomic mass is 10.1. The summed E-state index contributed by atoms with van der Waals surface area (Å²) in [5.41, 5.74) is 4.56. The summed E-state index contributed by atoms with van der Waals surface area (Å²) in [7, 11) is -3.08. The highest BCUT2D eigenvalue weighted by molar-refractivity contribution is 7.52. The van der Waals surface area contributed by atoms with Crippen molar-refractivity contribution in [3.8, 4) is 5.75 Å². The Morgan fingerprint density at radius 3 is 2.73 bits per heavy atom. The molecular weight excluding hydrogens is 462 g/mol. The van der Waals surface area contributed by atoms with Gasteiger partial charge in [0.25, 0.3) is 0 Å². The van der Waals surface area contributed by atoms with Crippen molar-refractivity contribution in [1.82, 2.24) is 14.6 Å². The maximum absolute atomic E-state index is 14.7. The lowest BCUT2D eigenvalue weighted by molar-refractivity contribution is -0.142. The molecule has 0 bridgehead atoms. The lowest BCUT2D eigenvalue weighted by Crippen LogP contribution is -2.36. The van der Waals surface area contributed by atoms with Crippen molar-refractivity contribution in [3.05, 3.63) is 53.1 Å². The minimum atomic E-state index is -4.23. The van der Waals surface area contributed by atoms with Gasteiger partial charge in [-0.3, -0.25) is 13.9 Å². The number of benzene rings is 1. The second kappa shape index (κ2) is 10.4. The minimum absolute atomic E-state index is 0.0603. The van der Waals surface area contributed by atoms with E-state index in [2.05, 4.69) is 14.8 Å². The van der Waals surface area contributed by atoms with Gasteiger partial charge < -0.3 is 24.8 Å². The number of rotatable bonds is 9. The molecule has 1 aliphatic heterocycles. The van der Waals surface area contributed by atoms with Crippen molar-refractivity contribution in [2.45, 2.75) is 37.6 Å². The van der Waals surface area contributed by atoms with Crippen LogP contribution < -0.4 is 21.0 Å². The number of esters is 1. The maximum Gasteiger partial charge on any atom is 0.459 e. The highest BCUT2D eigenvalue weighted by Gasteiger charge is 2.47. The highest BCUT2D eigenvalue weighted by Crippen LogP contribution is 2.46. The SMILES string of the molecule is COC(=O)[C@H](C)NP(=O)(OC[C@H]1O[C@@H](n2ccc(N)nc2=O)[C@@H](F)[C@@H]1O)Oc1ccccc1. The third-order valence-corrected chi connectivity index (χ3v) is 6.35. The van der Waals surface area contributed by atoms with E-state index in [1.807, 2.05) is 0 Å². The maximum atomic E-state index is 14.7. The van der Waals surface area contributed by atoms with Gasteiger partial charge in [0.15, 0.2) is 12.4 Å². The van der Waals surface area contributed by atoms with Crippen molar-refractivity contribution in [2.24, 2.45) is 0 Å². The molecule has 2 heterocycles. The van der Waals surface area contributed by atoms with Crippen LogP contribution in [0.2, 0.25) is 0 Å². The molecule has 14 heteroatoms. The number of aliphatic hydroxyl groups is 1. The number of para-hydroxylation sites is 1. The number of methoxy groups -OCH3 is 1. The Labute approximate surface area is 188 Å². The molecule has 4 N–H and O–H groups in total. The molecule has 33 heavy (non-hydrogen) atoms. The monoisotopic (exact) mass is 486 g/mol. The number of anilines is 1. The van der Waals surface area contributed by atoms with Gasteiger partial charge in [0.1, 0.15) is 29.8 Å². The second-order valence-corrected chi connectivity index (χ2v) is 8.81. The van der Waals surface area contributed by atoms with Crippen molar-refractivity contribution >= 4 is 19.5 Å². The predicted molar refractivity (Wildman–Crippen MR) is 113 cm³/mol. The number of aromatic nitrogens is 2. The Bertz CT molecular complexity index is 1070. The second-order valence-electron chi connectivity index (χ2n) is 7.11. The zero-order valence-corrected chi connectivity index (χ0v) is 18.6. The molecule has 1 aliphatic rings. The molecule has 0 saturated carbocycles. The Kier molecular flexibility index (Phi) is 7.82. The van der Waals surface area contributed by atoms with E-state index in [1.54, 1.807) is 18.2 Å². The summed E-state index contributed by atoms with van der Waals surface area (Å²) in [6.07, 6.45) is -5.38. The summed E-state index contributed by atoms with van der Waals surface area (Å²) in [5.74, 6) is -0.624. The number of nitrogens with zero attached hydrogens (tertiary/aromatic N) is 2. The van der Waals surface area contributed by atoms with E-state index in [-0.39, 0.29) is 11.6 Å². The largest absolute Gasteiger partial charge is 0.468 e. The van der Waals surface area contributed by atoms with E-state index in [0.29, 0.717) is 0 Å². The van der Waals surface area contributed by atoms with E-state index in [1.165, 1.54) is 31.3 Å². The number of nitrogens with one attached hydrogen (secondary N) is 1. The van der Waals surface area contributed by atoms with Gasteiger partial charge in [-0.1, -0.05) is 18.2 Å². The number of nitrogen functional groups attached to an aromatic ring is 1. The number of alkyl halides is 1. The first-order valence-electron chi connectivity index (χ1n) is 9.80. The molecule has 0 amide bonds. The van der Waals surface area contributed by atoms with Crippen LogP contribution in [0.3, 0.4) is 0 Å². The van der Waals surface area contributed by atoms with Gasteiger partial charge in [0.2, 0.25) is 0 Å². The van der Waals surface area contributed by atoms with E-state index < -0.39 is 56.7 Å². The van der Waals surface area contributed by atoms with Crippen molar-refractivity contribution < 1.29 is 37.4 Å². The van der Waals surface area contributed by atoms with Crippen LogP contribution >= 0.6 is 7.75 Å². The minimum Gasteiger partial charge on any atom is -0.468 e. The quantitative estimate of drug-likeness (QED) is 0.339. The molecule has 0 aliphatic carbocycles. The zero-order valence-electron chi connectivity index (χ0n) is 17.7. The number of aliphatic hydroxyl groups excluding tert-OH is 1. The van der Waals surface area contributed by atoms with Gasteiger partial charge in [-0.05, 0) is 25.1 Å². The van der Waals surface area contributed by atoms with Crippen LogP contribution in [0, 0.1) is 0 Å². The van der Waals surface area contributed by atoms with Crippen LogP contribution in [0.1, 0.15) is 13.2 Å². The third kappa shape index (κ3) is 5.95. The first kappa shape index (κ1) is 24.8. The van der Waals surface area contributed by atoms with Crippen LogP contribution in [0.5, 0.6) is 5.75 Å². The molecule has 180 valence electrons. The molecule has 3 rings (SSSR count). The molecule has 1 aromatic heterocycles. The van der Waals surface area contributed by atoms with E-state index in [9.17, 15) is 23.7 Å². The Morgan fingerprint density at radius 1 is 1.39 bits per heavy atom. The predicted octanol–water partition coefficient (Wildman–Crippen LogP) is 0.777. The number of hydrogen-bond donors (Lipinski definition) is 3. The van der Waals surface area contributed by atoms with E-state index in [4.69, 9.17) is 19.5 Å². The van der Waals surface area contributed by atoms with Gasteiger partial charge >= 0.3 is 19.4 Å². The van der Waals surface area contributed by atoms with Crippen LogP contribution in [0.25, 0.3) is 0 Å². The molecular formula is C19H24FN4O8P. The molecule has 1 aromatic carbocycles. The first-order valence-corrected chi connectivity index (χ1v) is 11.3. The number of ether oxygens (including phenoxy) is 2. The normalized spacial score (nSPS) is 25.2. The number of carbonyl (C=O) groups is 1. The van der Waals surface area contributed by atoms with Gasteiger partial charge in [-0.2, -0.15) is 10.1 Å². The van der Waals surface area contributed by atoms with Crippen LogP contribution in [0.4, 0.5) is 10.2 Å². The van der Waals surface area contributed by atoms with Crippen LogP contribution in [0.15, 0.2) is 47.4 Å². The van der Waals surface area contributed by atoms with E-state index >= 15 is 0 Å². The average molecular weight is 486 g/mol. The fourth-order valence-corrected chi connectivity index (χ4v) is 4.54. The fourth-order valence-electron chi connectivity index (χ4n) is 3.03. The first-order chi connectivity index (χ1) is 15.6. The number of halogens is 1. The molecule has 12 nitrogen and oxygen atoms in total. The summed E-state index contributed by atoms with van der Waals surface area (Å²) in [6.45, 7) is 0.783. The molecule has 1 fully saturated rings. The van der Waals surface area contributed by atoms with Crippen molar-refractivity contribution in [3.63, 3.8) is 0 Å².